The van der Waals surface area contributed by atoms with Crippen molar-refractivity contribution in [3.8, 4) is 0 Å². The van der Waals surface area contributed by atoms with Crippen molar-refractivity contribution in [1.29, 1.82) is 0 Å². The average Bonchev–Trinajstić information content (AvgIpc) is 2.26. The first kappa shape index (κ1) is 10.8. The SMILES string of the molecule is C=CC(=O)NCC(=O)N1CCCCC1. The molecule has 1 rings (SSSR count). The molecule has 78 valence electrons. The Morgan fingerprint density at radius 2 is 1.93 bits per heavy atom. The Kier molecular flexibility index (Phi) is 4.16. The summed E-state index contributed by atoms with van der Waals surface area (Å²) in [6, 6.07) is 0. The number of rotatable bonds is 3. The van der Waals surface area contributed by atoms with Gasteiger partial charge in [0.05, 0.1) is 6.54 Å². The van der Waals surface area contributed by atoms with Crippen LogP contribution in [-0.2, 0) is 9.59 Å². The summed E-state index contributed by atoms with van der Waals surface area (Å²) in [6.45, 7) is 5.05. The number of hydrogen-bond donors (Lipinski definition) is 1. The van der Waals surface area contributed by atoms with Crippen LogP contribution in [0.15, 0.2) is 12.7 Å². The van der Waals surface area contributed by atoms with Gasteiger partial charge in [0, 0.05) is 13.1 Å². The van der Waals surface area contributed by atoms with E-state index >= 15 is 0 Å². The van der Waals surface area contributed by atoms with Crippen molar-refractivity contribution in [2.75, 3.05) is 19.6 Å². The molecule has 1 saturated heterocycles. The molecule has 0 atom stereocenters. The highest BCUT2D eigenvalue weighted by Gasteiger charge is 2.15. The summed E-state index contributed by atoms with van der Waals surface area (Å²) in [5.41, 5.74) is 0. The first-order valence-electron chi connectivity index (χ1n) is 4.92. The highest BCUT2D eigenvalue weighted by molar-refractivity contribution is 5.90. The largest absolute Gasteiger partial charge is 0.343 e. The van der Waals surface area contributed by atoms with Crippen LogP contribution in [0.3, 0.4) is 0 Å². The molecule has 0 spiro atoms. The lowest BCUT2D eigenvalue weighted by Gasteiger charge is -2.26. The second-order valence-corrected chi connectivity index (χ2v) is 3.36. The number of piperidine rings is 1. The molecule has 2 amide bonds. The fraction of sp³-hybridized carbons (Fsp3) is 0.600. The maximum Gasteiger partial charge on any atom is 0.243 e. The molecule has 0 aromatic carbocycles. The molecule has 1 fully saturated rings. The maximum atomic E-state index is 11.5. The van der Waals surface area contributed by atoms with E-state index in [0.29, 0.717) is 0 Å². The molecule has 0 bridgehead atoms. The number of carbonyl (C=O) groups excluding carboxylic acids is 2. The quantitative estimate of drug-likeness (QED) is 0.660. The van der Waals surface area contributed by atoms with Crippen molar-refractivity contribution in [3.05, 3.63) is 12.7 Å². The van der Waals surface area contributed by atoms with Crippen LogP contribution in [0.2, 0.25) is 0 Å². The van der Waals surface area contributed by atoms with Gasteiger partial charge in [-0.1, -0.05) is 6.58 Å². The van der Waals surface area contributed by atoms with Gasteiger partial charge < -0.3 is 10.2 Å². The standard InChI is InChI=1S/C10H16N2O2/c1-2-9(13)11-8-10(14)12-6-4-3-5-7-12/h2H,1,3-8H2,(H,11,13). The van der Waals surface area contributed by atoms with Gasteiger partial charge in [0.25, 0.3) is 0 Å². The molecule has 0 aliphatic carbocycles. The molecule has 4 nitrogen and oxygen atoms in total. The third-order valence-electron chi connectivity index (χ3n) is 2.31. The predicted molar refractivity (Wildman–Crippen MR) is 53.6 cm³/mol. The van der Waals surface area contributed by atoms with Gasteiger partial charge in [-0.3, -0.25) is 9.59 Å². The molecule has 0 unspecified atom stereocenters. The van der Waals surface area contributed by atoms with E-state index in [0.717, 1.165) is 25.9 Å². The highest BCUT2D eigenvalue weighted by atomic mass is 16.2. The fourth-order valence-corrected chi connectivity index (χ4v) is 1.49. The summed E-state index contributed by atoms with van der Waals surface area (Å²) < 4.78 is 0. The molecule has 4 heteroatoms. The Balaban J connectivity index is 2.26. The molecule has 1 aliphatic rings. The number of nitrogens with zero attached hydrogens (tertiary/aromatic N) is 1. The van der Waals surface area contributed by atoms with Gasteiger partial charge in [-0.25, -0.2) is 0 Å². The fourth-order valence-electron chi connectivity index (χ4n) is 1.49. The van der Waals surface area contributed by atoms with Gasteiger partial charge in [0.1, 0.15) is 0 Å². The smallest absolute Gasteiger partial charge is 0.243 e. The van der Waals surface area contributed by atoms with E-state index in [9.17, 15) is 9.59 Å². The molecule has 1 aliphatic heterocycles. The number of carbonyl (C=O) groups is 2. The van der Waals surface area contributed by atoms with Crippen LogP contribution >= 0.6 is 0 Å². The highest BCUT2D eigenvalue weighted by Crippen LogP contribution is 2.07. The normalized spacial score (nSPS) is 16.1. The lowest BCUT2D eigenvalue weighted by molar-refractivity contribution is -0.132. The van der Waals surface area contributed by atoms with Crippen molar-refractivity contribution in [1.82, 2.24) is 10.2 Å². The number of nitrogens with one attached hydrogen (secondary N) is 1. The average molecular weight is 196 g/mol. The third kappa shape index (κ3) is 3.20. The maximum absolute atomic E-state index is 11.5. The Morgan fingerprint density at radius 1 is 1.29 bits per heavy atom. The predicted octanol–water partition coefficient (Wildman–Crippen LogP) is 0.301. The van der Waals surface area contributed by atoms with Crippen molar-refractivity contribution in [2.45, 2.75) is 19.3 Å². The Labute approximate surface area is 84.0 Å². The zero-order valence-corrected chi connectivity index (χ0v) is 8.29. The Bertz CT molecular complexity index is 232. The van der Waals surface area contributed by atoms with Crippen molar-refractivity contribution < 1.29 is 9.59 Å². The van der Waals surface area contributed by atoms with Crippen LogP contribution in [0.5, 0.6) is 0 Å². The van der Waals surface area contributed by atoms with Gasteiger partial charge in [0.2, 0.25) is 11.8 Å². The van der Waals surface area contributed by atoms with Crippen molar-refractivity contribution in [3.63, 3.8) is 0 Å². The Hall–Kier alpha value is -1.32. The van der Waals surface area contributed by atoms with Crippen molar-refractivity contribution >= 4 is 11.8 Å². The zero-order valence-electron chi connectivity index (χ0n) is 8.29. The zero-order chi connectivity index (χ0) is 10.4. The summed E-state index contributed by atoms with van der Waals surface area (Å²) in [5, 5.41) is 2.48. The second kappa shape index (κ2) is 5.42. The van der Waals surface area contributed by atoms with Gasteiger partial charge in [0.15, 0.2) is 0 Å². The second-order valence-electron chi connectivity index (χ2n) is 3.36. The molecule has 0 saturated carbocycles. The van der Waals surface area contributed by atoms with Gasteiger partial charge in [-0.2, -0.15) is 0 Å². The summed E-state index contributed by atoms with van der Waals surface area (Å²) >= 11 is 0. The summed E-state index contributed by atoms with van der Waals surface area (Å²) in [5.74, 6) is -0.296. The molecule has 0 aromatic heterocycles. The molecule has 14 heavy (non-hydrogen) atoms. The van der Waals surface area contributed by atoms with Crippen LogP contribution in [0.25, 0.3) is 0 Å². The minimum absolute atomic E-state index is 0.0000926. The number of amides is 2. The van der Waals surface area contributed by atoms with E-state index in [2.05, 4.69) is 11.9 Å². The van der Waals surface area contributed by atoms with E-state index in [1.54, 1.807) is 4.90 Å². The van der Waals surface area contributed by atoms with Gasteiger partial charge in [-0.05, 0) is 25.3 Å². The number of hydrogen-bond acceptors (Lipinski definition) is 2. The van der Waals surface area contributed by atoms with Crippen LogP contribution in [0, 0.1) is 0 Å². The van der Waals surface area contributed by atoms with Gasteiger partial charge >= 0.3 is 0 Å². The van der Waals surface area contributed by atoms with E-state index < -0.39 is 0 Å². The minimum atomic E-state index is -0.296. The van der Waals surface area contributed by atoms with E-state index in [-0.39, 0.29) is 18.4 Å². The topological polar surface area (TPSA) is 49.4 Å². The monoisotopic (exact) mass is 196 g/mol. The first-order valence-corrected chi connectivity index (χ1v) is 4.92. The molecule has 1 heterocycles. The molecule has 0 radical (unpaired) electrons. The minimum Gasteiger partial charge on any atom is -0.343 e. The van der Waals surface area contributed by atoms with Crippen molar-refractivity contribution in [2.24, 2.45) is 0 Å². The Morgan fingerprint density at radius 3 is 2.50 bits per heavy atom. The van der Waals surface area contributed by atoms with Crippen LogP contribution < -0.4 is 5.32 Å². The van der Waals surface area contributed by atoms with E-state index in [1.165, 1.54) is 12.5 Å². The number of likely N-dealkylation sites (tertiary alicyclic amines) is 1. The summed E-state index contributed by atoms with van der Waals surface area (Å²) in [7, 11) is 0. The molecular weight excluding hydrogens is 180 g/mol. The molecular formula is C10H16N2O2. The van der Waals surface area contributed by atoms with Crippen LogP contribution in [0.1, 0.15) is 19.3 Å². The molecule has 0 aromatic rings. The molecule has 1 N–H and O–H groups in total. The van der Waals surface area contributed by atoms with E-state index in [1.807, 2.05) is 0 Å². The van der Waals surface area contributed by atoms with E-state index in [4.69, 9.17) is 0 Å². The lowest BCUT2D eigenvalue weighted by atomic mass is 10.1. The first-order chi connectivity index (χ1) is 6.74. The van der Waals surface area contributed by atoms with Crippen LogP contribution in [0.4, 0.5) is 0 Å². The van der Waals surface area contributed by atoms with Crippen LogP contribution in [-0.4, -0.2) is 36.3 Å². The third-order valence-corrected chi connectivity index (χ3v) is 2.31. The lowest BCUT2D eigenvalue weighted by Crippen LogP contribution is -2.42. The van der Waals surface area contributed by atoms with Gasteiger partial charge in [-0.15, -0.1) is 0 Å². The summed E-state index contributed by atoms with van der Waals surface area (Å²) in [4.78, 5) is 24.1. The summed E-state index contributed by atoms with van der Waals surface area (Å²) in [6.07, 6.45) is 4.51.